The van der Waals surface area contributed by atoms with Gasteiger partial charge >= 0.3 is 0 Å². The molecule has 1 aromatic carbocycles. The summed E-state index contributed by atoms with van der Waals surface area (Å²) in [6.45, 7) is 0.757. The SMILES string of the molecule is CSc1ccc(-c2n[nH]c(-c3cccnc3NCCc3cccnc3)n2)cc1. The van der Waals surface area contributed by atoms with E-state index in [9.17, 15) is 0 Å². The summed E-state index contributed by atoms with van der Waals surface area (Å²) < 4.78 is 0. The van der Waals surface area contributed by atoms with Crippen molar-refractivity contribution in [3.05, 3.63) is 72.7 Å². The van der Waals surface area contributed by atoms with Gasteiger partial charge in [-0.25, -0.2) is 9.97 Å². The van der Waals surface area contributed by atoms with E-state index < -0.39 is 0 Å². The van der Waals surface area contributed by atoms with Crippen molar-refractivity contribution in [1.82, 2.24) is 25.1 Å². The molecule has 4 rings (SSSR count). The van der Waals surface area contributed by atoms with Gasteiger partial charge < -0.3 is 5.32 Å². The Labute approximate surface area is 167 Å². The van der Waals surface area contributed by atoms with Crippen LogP contribution in [0.25, 0.3) is 22.8 Å². The molecule has 4 aromatic rings. The third-order valence-electron chi connectivity index (χ3n) is 4.33. The number of H-pyrrole nitrogens is 1. The van der Waals surface area contributed by atoms with E-state index in [1.807, 2.05) is 36.5 Å². The summed E-state index contributed by atoms with van der Waals surface area (Å²) in [4.78, 5) is 14.5. The summed E-state index contributed by atoms with van der Waals surface area (Å²) in [6, 6.07) is 16.1. The van der Waals surface area contributed by atoms with E-state index in [4.69, 9.17) is 0 Å². The molecule has 3 heterocycles. The lowest BCUT2D eigenvalue weighted by atomic mass is 10.2. The van der Waals surface area contributed by atoms with Crippen molar-refractivity contribution in [1.29, 1.82) is 0 Å². The average Bonchev–Trinajstić information content (AvgIpc) is 3.25. The van der Waals surface area contributed by atoms with Crippen LogP contribution in [-0.4, -0.2) is 37.9 Å². The van der Waals surface area contributed by atoms with E-state index in [1.165, 1.54) is 10.5 Å². The van der Waals surface area contributed by atoms with E-state index >= 15 is 0 Å². The zero-order valence-corrected chi connectivity index (χ0v) is 16.3. The molecular formula is C21H20N6S. The molecule has 2 N–H and O–H groups in total. The molecule has 0 aliphatic carbocycles. The highest BCUT2D eigenvalue weighted by molar-refractivity contribution is 7.98. The lowest BCUT2D eigenvalue weighted by molar-refractivity contribution is 0.993. The first-order valence-electron chi connectivity index (χ1n) is 8.98. The van der Waals surface area contributed by atoms with E-state index in [1.54, 1.807) is 24.2 Å². The fraction of sp³-hybridized carbons (Fsp3) is 0.143. The van der Waals surface area contributed by atoms with Crippen molar-refractivity contribution in [3.8, 4) is 22.8 Å². The molecule has 0 atom stereocenters. The van der Waals surface area contributed by atoms with Gasteiger partial charge in [-0.15, -0.1) is 11.8 Å². The number of nitrogens with one attached hydrogen (secondary N) is 2. The Bertz CT molecular complexity index is 1030. The summed E-state index contributed by atoms with van der Waals surface area (Å²) in [5.74, 6) is 2.15. The quantitative estimate of drug-likeness (QED) is 0.460. The summed E-state index contributed by atoms with van der Waals surface area (Å²) >= 11 is 1.71. The highest BCUT2D eigenvalue weighted by atomic mass is 32.2. The van der Waals surface area contributed by atoms with Crippen molar-refractivity contribution in [2.24, 2.45) is 0 Å². The predicted octanol–water partition coefficient (Wildman–Crippen LogP) is 4.31. The topological polar surface area (TPSA) is 79.4 Å². The smallest absolute Gasteiger partial charge is 0.181 e. The van der Waals surface area contributed by atoms with Crippen LogP contribution in [0.2, 0.25) is 0 Å². The van der Waals surface area contributed by atoms with Gasteiger partial charge in [0.05, 0.1) is 5.56 Å². The van der Waals surface area contributed by atoms with Crippen LogP contribution in [0.4, 0.5) is 5.82 Å². The predicted molar refractivity (Wildman–Crippen MR) is 113 cm³/mol. The van der Waals surface area contributed by atoms with Crippen LogP contribution < -0.4 is 5.32 Å². The molecule has 0 amide bonds. The van der Waals surface area contributed by atoms with Gasteiger partial charge in [0.2, 0.25) is 0 Å². The molecule has 0 bridgehead atoms. The Morgan fingerprint density at radius 3 is 2.68 bits per heavy atom. The number of pyridine rings is 2. The number of hydrogen-bond acceptors (Lipinski definition) is 6. The molecule has 0 saturated heterocycles. The number of nitrogens with zero attached hydrogens (tertiary/aromatic N) is 4. The number of anilines is 1. The Morgan fingerprint density at radius 2 is 1.89 bits per heavy atom. The monoisotopic (exact) mass is 388 g/mol. The second-order valence-corrected chi connectivity index (χ2v) is 7.05. The van der Waals surface area contributed by atoms with Gasteiger partial charge in [0.1, 0.15) is 5.82 Å². The first-order chi connectivity index (χ1) is 13.8. The maximum absolute atomic E-state index is 4.67. The minimum Gasteiger partial charge on any atom is -0.369 e. The highest BCUT2D eigenvalue weighted by Gasteiger charge is 2.12. The fourth-order valence-electron chi connectivity index (χ4n) is 2.86. The van der Waals surface area contributed by atoms with E-state index in [0.717, 1.165) is 29.9 Å². The zero-order valence-electron chi connectivity index (χ0n) is 15.5. The molecule has 0 unspecified atom stereocenters. The maximum atomic E-state index is 4.67. The van der Waals surface area contributed by atoms with E-state index in [0.29, 0.717) is 11.6 Å². The molecule has 0 spiro atoms. The molecule has 140 valence electrons. The Hall–Kier alpha value is -3.19. The lowest BCUT2D eigenvalue weighted by Gasteiger charge is -2.09. The maximum Gasteiger partial charge on any atom is 0.181 e. The fourth-order valence-corrected chi connectivity index (χ4v) is 3.27. The van der Waals surface area contributed by atoms with E-state index in [2.05, 4.69) is 54.9 Å². The molecule has 3 aromatic heterocycles. The van der Waals surface area contributed by atoms with Crippen molar-refractivity contribution in [2.75, 3.05) is 18.1 Å². The summed E-state index contributed by atoms with van der Waals surface area (Å²) in [7, 11) is 0. The largest absolute Gasteiger partial charge is 0.369 e. The molecule has 0 aliphatic rings. The number of thioether (sulfide) groups is 1. The molecule has 0 saturated carbocycles. The molecule has 0 radical (unpaired) electrons. The van der Waals surface area contributed by atoms with Crippen molar-refractivity contribution in [3.63, 3.8) is 0 Å². The third-order valence-corrected chi connectivity index (χ3v) is 5.07. The Morgan fingerprint density at radius 1 is 1.04 bits per heavy atom. The molecule has 28 heavy (non-hydrogen) atoms. The summed E-state index contributed by atoms with van der Waals surface area (Å²) in [5, 5.41) is 10.8. The second kappa shape index (κ2) is 8.67. The van der Waals surface area contributed by atoms with Crippen LogP contribution in [0.3, 0.4) is 0 Å². The van der Waals surface area contributed by atoms with Crippen LogP contribution in [0.5, 0.6) is 0 Å². The number of hydrogen-bond donors (Lipinski definition) is 2. The van der Waals surface area contributed by atoms with E-state index in [-0.39, 0.29) is 0 Å². The standard InChI is InChI=1S/C21H20N6S/c1-28-17-8-6-16(7-9-17)19-25-21(27-26-19)18-5-3-12-23-20(18)24-13-10-15-4-2-11-22-14-15/h2-9,11-12,14H,10,13H2,1H3,(H,23,24)(H,25,26,27). The van der Waals surface area contributed by atoms with Crippen molar-refractivity contribution < 1.29 is 0 Å². The van der Waals surface area contributed by atoms with Crippen LogP contribution >= 0.6 is 11.8 Å². The second-order valence-electron chi connectivity index (χ2n) is 6.17. The Balaban J connectivity index is 1.50. The number of rotatable bonds is 7. The van der Waals surface area contributed by atoms with Crippen LogP contribution in [-0.2, 0) is 6.42 Å². The molecule has 0 aliphatic heterocycles. The van der Waals surface area contributed by atoms with Gasteiger partial charge in [0, 0.05) is 35.6 Å². The first-order valence-corrected chi connectivity index (χ1v) is 10.2. The normalized spacial score (nSPS) is 10.8. The van der Waals surface area contributed by atoms with Gasteiger partial charge in [-0.2, -0.15) is 5.10 Å². The Kier molecular flexibility index (Phi) is 5.63. The molecule has 7 heteroatoms. The summed E-state index contributed by atoms with van der Waals surface area (Å²) in [5.41, 5.74) is 3.06. The van der Waals surface area contributed by atoms with Crippen LogP contribution in [0.15, 0.2) is 72.0 Å². The van der Waals surface area contributed by atoms with Crippen LogP contribution in [0.1, 0.15) is 5.56 Å². The van der Waals surface area contributed by atoms with Gasteiger partial charge in [-0.3, -0.25) is 10.1 Å². The number of aromatic amines is 1. The third kappa shape index (κ3) is 4.20. The zero-order chi connectivity index (χ0) is 19.2. The van der Waals surface area contributed by atoms with Crippen molar-refractivity contribution >= 4 is 17.6 Å². The lowest BCUT2D eigenvalue weighted by Crippen LogP contribution is -2.07. The minimum atomic E-state index is 0.674. The number of aromatic nitrogens is 5. The molecule has 6 nitrogen and oxygen atoms in total. The average molecular weight is 389 g/mol. The summed E-state index contributed by atoms with van der Waals surface area (Å²) in [6.07, 6.45) is 8.36. The van der Waals surface area contributed by atoms with Gasteiger partial charge in [-0.1, -0.05) is 18.2 Å². The van der Waals surface area contributed by atoms with Gasteiger partial charge in [-0.05, 0) is 48.6 Å². The van der Waals surface area contributed by atoms with Crippen LogP contribution in [0, 0.1) is 0 Å². The van der Waals surface area contributed by atoms with Gasteiger partial charge in [0.25, 0.3) is 0 Å². The molecular weight excluding hydrogens is 368 g/mol. The molecule has 0 fully saturated rings. The first kappa shape index (κ1) is 18.2. The van der Waals surface area contributed by atoms with Crippen molar-refractivity contribution in [2.45, 2.75) is 11.3 Å². The van der Waals surface area contributed by atoms with Gasteiger partial charge in [0.15, 0.2) is 11.6 Å². The number of benzene rings is 1. The minimum absolute atomic E-state index is 0.674. The highest BCUT2D eigenvalue weighted by Crippen LogP contribution is 2.26.